The summed E-state index contributed by atoms with van der Waals surface area (Å²) in [5.41, 5.74) is 0.766. The fourth-order valence-electron chi connectivity index (χ4n) is 2.70. The van der Waals surface area contributed by atoms with E-state index in [1.807, 2.05) is 0 Å². The lowest BCUT2D eigenvalue weighted by atomic mass is 10.1. The molecule has 1 amide bonds. The normalized spacial score (nSPS) is 17.5. The average Bonchev–Trinajstić information content (AvgIpc) is 3.32. The van der Waals surface area contributed by atoms with E-state index < -0.39 is 12.0 Å². The minimum atomic E-state index is -0.980. The van der Waals surface area contributed by atoms with E-state index in [4.69, 9.17) is 9.47 Å². The highest BCUT2D eigenvalue weighted by Crippen LogP contribution is 2.36. The Morgan fingerprint density at radius 1 is 1.30 bits per heavy atom. The molecule has 1 aromatic rings. The van der Waals surface area contributed by atoms with Crippen molar-refractivity contribution in [1.82, 2.24) is 4.90 Å². The number of fused-ring (bicyclic) bond motifs is 1. The Hall–Kier alpha value is -1.76. The molecule has 124 valence electrons. The maximum absolute atomic E-state index is 12.6. The van der Waals surface area contributed by atoms with Gasteiger partial charge in [-0.1, -0.05) is 15.9 Å². The predicted octanol–water partition coefficient (Wildman–Crippen LogP) is 2.23. The zero-order chi connectivity index (χ0) is 16.6. The largest absolute Gasteiger partial charge is 0.486 e. The number of rotatable bonds is 5. The first-order valence-corrected chi connectivity index (χ1v) is 8.38. The molecule has 1 aromatic carbocycles. The number of carboxylic acid groups (broad SMARTS) is 1. The molecule has 1 aliphatic heterocycles. The zero-order valence-corrected chi connectivity index (χ0v) is 14.3. The molecule has 0 bridgehead atoms. The number of amides is 1. The summed E-state index contributed by atoms with van der Waals surface area (Å²) in [6, 6.07) is 2.81. The van der Waals surface area contributed by atoms with Crippen LogP contribution in [0.1, 0.15) is 25.3 Å². The van der Waals surface area contributed by atoms with Gasteiger partial charge in [-0.05, 0) is 37.5 Å². The van der Waals surface area contributed by atoms with Crippen molar-refractivity contribution in [2.24, 2.45) is 0 Å². The van der Waals surface area contributed by atoms with Crippen molar-refractivity contribution in [3.05, 3.63) is 22.2 Å². The summed E-state index contributed by atoms with van der Waals surface area (Å²) in [6.45, 7) is 2.53. The van der Waals surface area contributed by atoms with Crippen LogP contribution in [-0.2, 0) is 16.0 Å². The van der Waals surface area contributed by atoms with Gasteiger partial charge in [-0.2, -0.15) is 0 Å². The van der Waals surface area contributed by atoms with Gasteiger partial charge < -0.3 is 19.5 Å². The minimum Gasteiger partial charge on any atom is -0.486 e. The van der Waals surface area contributed by atoms with Crippen molar-refractivity contribution < 1.29 is 24.2 Å². The highest BCUT2D eigenvalue weighted by molar-refractivity contribution is 9.10. The molecule has 0 aromatic heterocycles. The molecule has 1 saturated carbocycles. The van der Waals surface area contributed by atoms with Gasteiger partial charge in [0.1, 0.15) is 19.3 Å². The van der Waals surface area contributed by atoms with Crippen LogP contribution in [0.4, 0.5) is 0 Å². The van der Waals surface area contributed by atoms with Crippen LogP contribution in [0.25, 0.3) is 0 Å². The summed E-state index contributed by atoms with van der Waals surface area (Å²) in [5, 5.41) is 9.22. The van der Waals surface area contributed by atoms with Crippen molar-refractivity contribution in [2.75, 3.05) is 13.2 Å². The van der Waals surface area contributed by atoms with Gasteiger partial charge in [0, 0.05) is 10.5 Å². The first-order chi connectivity index (χ1) is 11.0. The number of ether oxygens (including phenoxy) is 2. The average molecular weight is 384 g/mol. The van der Waals surface area contributed by atoms with E-state index in [1.54, 1.807) is 19.1 Å². The summed E-state index contributed by atoms with van der Waals surface area (Å²) in [7, 11) is 0. The van der Waals surface area contributed by atoms with Gasteiger partial charge in [-0.15, -0.1) is 0 Å². The molecule has 1 aliphatic carbocycles. The topological polar surface area (TPSA) is 76.1 Å². The number of benzene rings is 1. The van der Waals surface area contributed by atoms with Gasteiger partial charge >= 0.3 is 5.97 Å². The monoisotopic (exact) mass is 383 g/mol. The van der Waals surface area contributed by atoms with Gasteiger partial charge in [0.2, 0.25) is 5.91 Å². The van der Waals surface area contributed by atoms with E-state index in [-0.39, 0.29) is 18.4 Å². The van der Waals surface area contributed by atoms with Crippen LogP contribution >= 0.6 is 15.9 Å². The van der Waals surface area contributed by atoms with Gasteiger partial charge in [-0.3, -0.25) is 4.79 Å². The number of carbonyl (C=O) groups excluding carboxylic acids is 1. The number of hydrogen-bond donors (Lipinski definition) is 1. The summed E-state index contributed by atoms with van der Waals surface area (Å²) >= 11 is 3.45. The van der Waals surface area contributed by atoms with E-state index in [1.165, 1.54) is 4.90 Å². The molecule has 0 radical (unpaired) electrons. The summed E-state index contributed by atoms with van der Waals surface area (Å²) in [5.74, 6) is 0.107. The van der Waals surface area contributed by atoms with E-state index >= 15 is 0 Å². The fraction of sp³-hybridized carbons (Fsp3) is 0.500. The second kappa shape index (κ2) is 6.39. The standard InChI is InChI=1S/C16H18BrNO5/c1-9(16(20)21)18(11-2-3-11)15(19)7-10-6-13-14(8-12(10)17)23-5-4-22-13/h6,8-9,11H,2-5,7H2,1H3,(H,20,21). The molecule has 6 nitrogen and oxygen atoms in total. The molecule has 7 heteroatoms. The third kappa shape index (κ3) is 3.44. The smallest absolute Gasteiger partial charge is 0.326 e. The first kappa shape index (κ1) is 16.1. The molecular weight excluding hydrogens is 366 g/mol. The molecule has 1 heterocycles. The van der Waals surface area contributed by atoms with Crippen LogP contribution in [0.3, 0.4) is 0 Å². The van der Waals surface area contributed by atoms with Crippen molar-refractivity contribution >= 4 is 27.8 Å². The molecular formula is C16H18BrNO5. The second-order valence-electron chi connectivity index (χ2n) is 5.81. The molecule has 23 heavy (non-hydrogen) atoms. The minimum absolute atomic E-state index is 0.0459. The van der Waals surface area contributed by atoms with Gasteiger partial charge in [0.15, 0.2) is 11.5 Å². The van der Waals surface area contributed by atoms with Crippen molar-refractivity contribution in [3.63, 3.8) is 0 Å². The highest BCUT2D eigenvalue weighted by Gasteiger charge is 2.38. The zero-order valence-electron chi connectivity index (χ0n) is 12.8. The van der Waals surface area contributed by atoms with Crippen molar-refractivity contribution in [2.45, 2.75) is 38.3 Å². The van der Waals surface area contributed by atoms with E-state index in [0.29, 0.717) is 24.7 Å². The number of halogens is 1. The first-order valence-electron chi connectivity index (χ1n) is 7.59. The Balaban J connectivity index is 1.80. The molecule has 2 aliphatic rings. The van der Waals surface area contributed by atoms with Gasteiger partial charge in [0.05, 0.1) is 6.42 Å². The lowest BCUT2D eigenvalue weighted by Gasteiger charge is -2.27. The van der Waals surface area contributed by atoms with Crippen LogP contribution in [0.5, 0.6) is 11.5 Å². The van der Waals surface area contributed by atoms with E-state index in [0.717, 1.165) is 22.9 Å². The molecule has 1 N–H and O–H groups in total. The quantitative estimate of drug-likeness (QED) is 0.843. The van der Waals surface area contributed by atoms with E-state index in [9.17, 15) is 14.7 Å². The molecule has 3 rings (SSSR count). The molecule has 0 saturated heterocycles. The number of nitrogens with zero attached hydrogens (tertiary/aromatic N) is 1. The third-order valence-corrected chi connectivity index (χ3v) is 4.79. The Labute approximate surface area is 142 Å². The Bertz CT molecular complexity index is 644. The number of hydrogen-bond acceptors (Lipinski definition) is 4. The summed E-state index contributed by atoms with van der Waals surface area (Å²) < 4.78 is 11.8. The molecule has 0 spiro atoms. The van der Waals surface area contributed by atoms with Crippen LogP contribution in [-0.4, -0.2) is 47.2 Å². The predicted molar refractivity (Wildman–Crippen MR) is 85.8 cm³/mol. The van der Waals surface area contributed by atoms with Crippen molar-refractivity contribution in [3.8, 4) is 11.5 Å². The molecule has 1 atom stereocenters. The number of carbonyl (C=O) groups is 2. The lowest BCUT2D eigenvalue weighted by molar-refractivity contribution is -0.149. The fourth-order valence-corrected chi connectivity index (χ4v) is 3.17. The molecule has 1 unspecified atom stereocenters. The van der Waals surface area contributed by atoms with Crippen molar-refractivity contribution in [1.29, 1.82) is 0 Å². The number of aliphatic carboxylic acids is 1. The SMILES string of the molecule is CC(C(=O)O)N(C(=O)Cc1cc2c(cc1Br)OCCO2)C1CC1. The maximum atomic E-state index is 12.6. The van der Waals surface area contributed by atoms with Crippen LogP contribution in [0.2, 0.25) is 0 Å². The molecule has 1 fully saturated rings. The lowest BCUT2D eigenvalue weighted by Crippen LogP contribution is -2.45. The summed E-state index contributed by atoms with van der Waals surface area (Å²) in [6.07, 6.45) is 1.86. The number of carboxylic acids is 1. The third-order valence-electron chi connectivity index (χ3n) is 4.06. The second-order valence-corrected chi connectivity index (χ2v) is 6.66. The van der Waals surface area contributed by atoms with E-state index in [2.05, 4.69) is 15.9 Å². The van der Waals surface area contributed by atoms with Crippen LogP contribution < -0.4 is 9.47 Å². The summed E-state index contributed by atoms with van der Waals surface area (Å²) in [4.78, 5) is 25.4. The van der Waals surface area contributed by atoms with Gasteiger partial charge in [-0.25, -0.2) is 4.79 Å². The Morgan fingerprint density at radius 3 is 2.48 bits per heavy atom. The van der Waals surface area contributed by atoms with Crippen LogP contribution in [0.15, 0.2) is 16.6 Å². The Morgan fingerprint density at radius 2 is 1.91 bits per heavy atom. The van der Waals surface area contributed by atoms with Crippen LogP contribution in [0, 0.1) is 0 Å². The maximum Gasteiger partial charge on any atom is 0.326 e. The van der Waals surface area contributed by atoms with Gasteiger partial charge in [0.25, 0.3) is 0 Å². The Kier molecular flexibility index (Phi) is 4.48. The highest BCUT2D eigenvalue weighted by atomic mass is 79.9.